The zero-order valence-corrected chi connectivity index (χ0v) is 16.5. The molecule has 0 unspecified atom stereocenters. The Hall–Kier alpha value is -1.98. The van der Waals surface area contributed by atoms with E-state index in [9.17, 15) is 45.9 Å². The minimum absolute atomic E-state index is 0.125. The third-order valence-corrected chi connectivity index (χ3v) is 5.26. The van der Waals surface area contributed by atoms with Gasteiger partial charge in [0.25, 0.3) is 0 Å². The van der Waals surface area contributed by atoms with Crippen molar-refractivity contribution >= 4 is 5.69 Å². The highest BCUT2D eigenvalue weighted by atomic mass is 16.7. The van der Waals surface area contributed by atoms with Crippen LogP contribution in [0.1, 0.15) is 0 Å². The first kappa shape index (κ1) is 24.7. The topological polar surface area (TPSA) is 222 Å². The van der Waals surface area contributed by atoms with Crippen molar-refractivity contribution in [2.45, 2.75) is 61.4 Å². The molecule has 2 saturated heterocycles. The summed E-state index contributed by atoms with van der Waals surface area (Å²) in [5.74, 6) is -0.125. The van der Waals surface area contributed by atoms with Gasteiger partial charge in [-0.3, -0.25) is 10.1 Å². The number of aliphatic hydroxyl groups excluding tert-OH is 7. The van der Waals surface area contributed by atoms with Crippen LogP contribution in [0.25, 0.3) is 0 Å². The van der Waals surface area contributed by atoms with Gasteiger partial charge in [0.2, 0.25) is 0 Å². The minimum atomic E-state index is -1.82. The third-order valence-electron chi connectivity index (χ3n) is 5.26. The molecule has 0 radical (unpaired) electrons. The summed E-state index contributed by atoms with van der Waals surface area (Å²) in [5.41, 5.74) is -0.341. The fourth-order valence-electron chi connectivity index (χ4n) is 3.46. The Bertz CT molecular complexity index is 779. The maximum absolute atomic E-state index is 11.1. The molecular weight excluding hydrogens is 438 g/mol. The first-order valence-corrected chi connectivity index (χ1v) is 9.67. The van der Waals surface area contributed by atoms with Crippen LogP contribution in [0.5, 0.6) is 5.75 Å². The van der Waals surface area contributed by atoms with Crippen molar-refractivity contribution in [2.24, 2.45) is 0 Å². The molecule has 2 aliphatic rings. The predicted octanol–water partition coefficient (Wildman–Crippen LogP) is -3.40. The van der Waals surface area contributed by atoms with E-state index < -0.39 is 79.5 Å². The van der Waals surface area contributed by atoms with Gasteiger partial charge < -0.3 is 54.7 Å². The van der Waals surface area contributed by atoms with Gasteiger partial charge in [-0.25, -0.2) is 0 Å². The summed E-state index contributed by atoms with van der Waals surface area (Å²) in [7, 11) is 0. The number of hydrogen-bond acceptors (Lipinski definition) is 13. The number of nitro benzene ring substituents is 1. The second-order valence-electron chi connectivity index (χ2n) is 7.38. The van der Waals surface area contributed by atoms with Gasteiger partial charge in [-0.15, -0.1) is 0 Å². The smallest absolute Gasteiger partial charge is 0.310 e. The van der Waals surface area contributed by atoms with Crippen LogP contribution in [0.3, 0.4) is 0 Å². The number of para-hydroxylation sites is 2. The van der Waals surface area contributed by atoms with E-state index >= 15 is 0 Å². The van der Waals surface area contributed by atoms with Gasteiger partial charge in [-0.2, -0.15) is 0 Å². The van der Waals surface area contributed by atoms with Gasteiger partial charge >= 0.3 is 5.69 Å². The molecule has 7 N–H and O–H groups in total. The normalized spacial score (nSPS) is 40.1. The molecule has 14 nitrogen and oxygen atoms in total. The van der Waals surface area contributed by atoms with Gasteiger partial charge in [0.05, 0.1) is 11.5 Å². The summed E-state index contributed by atoms with van der Waals surface area (Å²) in [4.78, 5) is 10.4. The van der Waals surface area contributed by atoms with E-state index in [1.807, 2.05) is 0 Å². The quantitative estimate of drug-likeness (QED) is 0.155. The van der Waals surface area contributed by atoms with Crippen molar-refractivity contribution in [2.75, 3.05) is 13.2 Å². The molecule has 0 bridgehead atoms. The van der Waals surface area contributed by atoms with E-state index in [1.54, 1.807) is 0 Å². The number of aliphatic hydroxyl groups is 7. The first-order valence-electron chi connectivity index (χ1n) is 9.67. The summed E-state index contributed by atoms with van der Waals surface area (Å²) >= 11 is 0. The lowest BCUT2D eigenvalue weighted by atomic mass is 9.97. The van der Waals surface area contributed by atoms with Gasteiger partial charge in [0, 0.05) is 6.07 Å². The highest BCUT2D eigenvalue weighted by Crippen LogP contribution is 2.30. The van der Waals surface area contributed by atoms with E-state index in [4.69, 9.17) is 18.9 Å². The standard InChI is InChI=1S/C18H25NO13/c20-5-9-16(13(23)14(24)17(26)30-9)32-18-15(25)12(22)11(21)10(31-18)6-29-8-4-2-1-3-7(8)19(27)28/h1-4,9-18,20-26H,5-6H2/t9-,10-,11-,12+,13-,14-,15-,16-,17-,18+/m1/s1. The minimum Gasteiger partial charge on any atom is -0.484 e. The van der Waals surface area contributed by atoms with Crippen molar-refractivity contribution in [1.29, 1.82) is 0 Å². The van der Waals surface area contributed by atoms with E-state index in [2.05, 4.69) is 0 Å². The lowest BCUT2D eigenvalue weighted by molar-refractivity contribution is -0.386. The summed E-state index contributed by atoms with van der Waals surface area (Å²) in [6, 6.07) is 5.45. The Labute approximate surface area is 180 Å². The second-order valence-corrected chi connectivity index (χ2v) is 7.38. The molecule has 14 heteroatoms. The number of rotatable bonds is 7. The molecule has 2 heterocycles. The third kappa shape index (κ3) is 4.99. The number of hydrogen-bond donors (Lipinski definition) is 7. The van der Waals surface area contributed by atoms with Crippen LogP contribution in [0, 0.1) is 10.1 Å². The van der Waals surface area contributed by atoms with Gasteiger partial charge in [-0.05, 0) is 6.07 Å². The van der Waals surface area contributed by atoms with Crippen molar-refractivity contribution in [3.8, 4) is 5.75 Å². The lowest BCUT2D eigenvalue weighted by Crippen LogP contribution is -2.64. The van der Waals surface area contributed by atoms with E-state index in [0.717, 1.165) is 0 Å². The molecule has 180 valence electrons. The number of ether oxygens (including phenoxy) is 4. The Kier molecular flexibility index (Phi) is 7.94. The van der Waals surface area contributed by atoms with Gasteiger partial charge in [0.15, 0.2) is 18.3 Å². The lowest BCUT2D eigenvalue weighted by Gasteiger charge is -2.45. The van der Waals surface area contributed by atoms with E-state index in [0.29, 0.717) is 0 Å². The average molecular weight is 463 g/mol. The van der Waals surface area contributed by atoms with Crippen LogP contribution in [0.4, 0.5) is 5.69 Å². The van der Waals surface area contributed by atoms with E-state index in [1.165, 1.54) is 24.3 Å². The van der Waals surface area contributed by atoms with Gasteiger partial charge in [0.1, 0.15) is 55.4 Å². The average Bonchev–Trinajstić information content (AvgIpc) is 2.78. The maximum Gasteiger partial charge on any atom is 0.310 e. The number of nitro groups is 1. The second kappa shape index (κ2) is 10.3. The van der Waals surface area contributed by atoms with Crippen LogP contribution in [0.2, 0.25) is 0 Å². The van der Waals surface area contributed by atoms with Crippen LogP contribution in [-0.2, 0) is 14.2 Å². The fourth-order valence-corrected chi connectivity index (χ4v) is 3.46. The molecule has 1 aromatic carbocycles. The van der Waals surface area contributed by atoms with Crippen LogP contribution < -0.4 is 4.74 Å². The van der Waals surface area contributed by atoms with Crippen molar-refractivity contribution in [3.05, 3.63) is 34.4 Å². The van der Waals surface area contributed by atoms with Crippen molar-refractivity contribution in [3.63, 3.8) is 0 Å². The van der Waals surface area contributed by atoms with Crippen LogP contribution in [-0.4, -0.2) is 115 Å². The molecule has 2 aliphatic heterocycles. The van der Waals surface area contributed by atoms with Gasteiger partial charge in [-0.1, -0.05) is 12.1 Å². The van der Waals surface area contributed by atoms with Crippen molar-refractivity contribution < 1.29 is 59.6 Å². The molecular formula is C18H25NO13. The Morgan fingerprint density at radius 1 is 0.906 bits per heavy atom. The molecule has 0 saturated carbocycles. The maximum atomic E-state index is 11.1. The summed E-state index contributed by atoms with van der Waals surface area (Å²) in [6.45, 7) is -1.21. The molecule has 0 aromatic heterocycles. The number of nitrogens with zero attached hydrogens (tertiary/aromatic N) is 1. The Morgan fingerprint density at radius 3 is 2.25 bits per heavy atom. The molecule has 32 heavy (non-hydrogen) atoms. The van der Waals surface area contributed by atoms with Crippen LogP contribution >= 0.6 is 0 Å². The van der Waals surface area contributed by atoms with Crippen LogP contribution in [0.15, 0.2) is 24.3 Å². The first-order chi connectivity index (χ1) is 15.1. The summed E-state index contributed by atoms with van der Waals surface area (Å²) in [5, 5.41) is 80.7. The SMILES string of the molecule is O=[N+]([O-])c1ccccc1OC[C@H]1O[C@@H](O[C@H]2[C@H](O)[C@@H](O)[C@H](O)O[C@@H]2CO)[C@H](O)[C@@H](O)[C@@H]1O. The molecule has 0 spiro atoms. The van der Waals surface area contributed by atoms with E-state index in [-0.39, 0.29) is 11.4 Å². The number of benzene rings is 1. The largest absolute Gasteiger partial charge is 0.484 e. The predicted molar refractivity (Wildman–Crippen MR) is 100 cm³/mol. The monoisotopic (exact) mass is 463 g/mol. The molecule has 0 aliphatic carbocycles. The molecule has 2 fully saturated rings. The Morgan fingerprint density at radius 2 is 1.59 bits per heavy atom. The highest BCUT2D eigenvalue weighted by Gasteiger charge is 2.50. The van der Waals surface area contributed by atoms with Crippen molar-refractivity contribution in [1.82, 2.24) is 0 Å². The molecule has 10 atom stereocenters. The molecule has 1 aromatic rings. The summed E-state index contributed by atoms with van der Waals surface area (Å²) in [6.07, 6.45) is -16.4. The zero-order chi connectivity index (χ0) is 23.6. The zero-order valence-electron chi connectivity index (χ0n) is 16.5. The Balaban J connectivity index is 1.72. The molecule has 0 amide bonds. The highest BCUT2D eigenvalue weighted by molar-refractivity contribution is 5.45. The summed E-state index contributed by atoms with van der Waals surface area (Å²) < 4.78 is 21.2. The fraction of sp³-hybridized carbons (Fsp3) is 0.667. The molecule has 3 rings (SSSR count).